The van der Waals surface area contributed by atoms with E-state index in [1.165, 1.54) is 0 Å². The molecule has 5 heteroatoms. The van der Waals surface area contributed by atoms with Crippen LogP contribution in [0.3, 0.4) is 0 Å². The van der Waals surface area contributed by atoms with Crippen LogP contribution < -0.4 is 0 Å². The maximum absolute atomic E-state index is 5.94. The molecule has 0 saturated carbocycles. The second-order valence-electron chi connectivity index (χ2n) is 4.18. The summed E-state index contributed by atoms with van der Waals surface area (Å²) in [5.41, 5.74) is 0.971. The summed E-state index contributed by atoms with van der Waals surface area (Å²) < 4.78 is 0. The van der Waals surface area contributed by atoms with Gasteiger partial charge in [0.05, 0.1) is 16.3 Å². The molecule has 0 aliphatic carbocycles. The van der Waals surface area contributed by atoms with E-state index in [2.05, 4.69) is 22.1 Å². The van der Waals surface area contributed by atoms with Gasteiger partial charge < -0.3 is 4.90 Å². The molecule has 2 rings (SSSR count). The lowest BCUT2D eigenvalue weighted by Crippen LogP contribution is -2.41. The van der Waals surface area contributed by atoms with Gasteiger partial charge >= 0.3 is 0 Å². The number of likely N-dealkylation sites (N-methyl/N-ethyl adjacent to an activating group) is 1. The Labute approximate surface area is 112 Å². The van der Waals surface area contributed by atoms with Gasteiger partial charge in [0.25, 0.3) is 0 Å². The molecule has 0 bridgehead atoms. The monoisotopic (exact) mass is 271 g/mol. The molecule has 1 aromatic carbocycles. The number of halogens is 2. The first-order valence-corrected chi connectivity index (χ1v) is 6.33. The third kappa shape index (κ3) is 3.60. The molecule has 17 heavy (non-hydrogen) atoms. The van der Waals surface area contributed by atoms with Gasteiger partial charge in [0, 0.05) is 26.2 Å². The number of hydrogen-bond acceptors (Lipinski definition) is 3. The number of nitrogens with zero attached hydrogens (tertiary/aromatic N) is 3. The standard InChI is InChI=1S/C12H15Cl2N3/c1-16-4-6-17(7-5-16)15-9-10-2-3-11(13)12(14)8-10/h2-3,8-9H,4-7H2,1H3. The maximum Gasteiger partial charge on any atom is 0.0598 e. The van der Waals surface area contributed by atoms with E-state index < -0.39 is 0 Å². The van der Waals surface area contributed by atoms with Crippen LogP contribution in [0.1, 0.15) is 5.56 Å². The zero-order valence-electron chi connectivity index (χ0n) is 9.74. The third-order valence-corrected chi connectivity index (χ3v) is 3.53. The first-order valence-electron chi connectivity index (χ1n) is 5.57. The zero-order chi connectivity index (χ0) is 12.3. The quantitative estimate of drug-likeness (QED) is 0.770. The highest BCUT2D eigenvalue weighted by molar-refractivity contribution is 6.42. The van der Waals surface area contributed by atoms with Crippen molar-refractivity contribution in [2.24, 2.45) is 5.10 Å². The molecule has 1 aromatic rings. The highest BCUT2D eigenvalue weighted by Crippen LogP contribution is 2.21. The number of rotatable bonds is 2. The van der Waals surface area contributed by atoms with Crippen LogP contribution in [-0.4, -0.2) is 49.4 Å². The predicted octanol–water partition coefficient (Wildman–Crippen LogP) is 2.57. The molecule has 0 atom stereocenters. The van der Waals surface area contributed by atoms with Gasteiger partial charge in [-0.1, -0.05) is 29.3 Å². The molecule has 1 heterocycles. The highest BCUT2D eigenvalue weighted by atomic mass is 35.5. The highest BCUT2D eigenvalue weighted by Gasteiger charge is 2.10. The number of hydrogen-bond donors (Lipinski definition) is 0. The van der Waals surface area contributed by atoms with Crippen LogP contribution in [0.4, 0.5) is 0 Å². The van der Waals surface area contributed by atoms with Crippen molar-refractivity contribution in [3.05, 3.63) is 33.8 Å². The van der Waals surface area contributed by atoms with Crippen molar-refractivity contribution < 1.29 is 0 Å². The molecular formula is C12H15Cl2N3. The van der Waals surface area contributed by atoms with Crippen LogP contribution in [0.5, 0.6) is 0 Å². The Balaban J connectivity index is 1.97. The lowest BCUT2D eigenvalue weighted by Gasteiger charge is -2.30. The zero-order valence-corrected chi connectivity index (χ0v) is 11.2. The Morgan fingerprint density at radius 2 is 1.82 bits per heavy atom. The van der Waals surface area contributed by atoms with Crippen molar-refractivity contribution in [3.8, 4) is 0 Å². The Hall–Kier alpha value is -0.770. The van der Waals surface area contributed by atoms with Crippen molar-refractivity contribution in [1.82, 2.24) is 9.91 Å². The van der Waals surface area contributed by atoms with Gasteiger partial charge in [-0.15, -0.1) is 0 Å². The van der Waals surface area contributed by atoms with Gasteiger partial charge in [-0.2, -0.15) is 5.10 Å². The summed E-state index contributed by atoms with van der Waals surface area (Å²) in [6.45, 7) is 4.04. The van der Waals surface area contributed by atoms with E-state index in [0.29, 0.717) is 10.0 Å². The minimum atomic E-state index is 0.564. The Bertz CT molecular complexity index is 412. The molecule has 92 valence electrons. The van der Waals surface area contributed by atoms with Crippen LogP contribution in [0.2, 0.25) is 10.0 Å². The van der Waals surface area contributed by atoms with E-state index in [4.69, 9.17) is 23.2 Å². The molecule has 0 unspecified atom stereocenters. The van der Waals surface area contributed by atoms with Gasteiger partial charge in [0.15, 0.2) is 0 Å². The van der Waals surface area contributed by atoms with Gasteiger partial charge in [0.2, 0.25) is 0 Å². The number of hydrazone groups is 1. The fraction of sp³-hybridized carbons (Fsp3) is 0.417. The van der Waals surface area contributed by atoms with Crippen LogP contribution in [-0.2, 0) is 0 Å². The minimum absolute atomic E-state index is 0.564. The van der Waals surface area contributed by atoms with E-state index in [1.54, 1.807) is 6.07 Å². The van der Waals surface area contributed by atoms with Crippen molar-refractivity contribution in [2.45, 2.75) is 0 Å². The normalized spacial score (nSPS) is 17.9. The fourth-order valence-corrected chi connectivity index (χ4v) is 1.96. The summed E-state index contributed by atoms with van der Waals surface area (Å²) in [5.74, 6) is 0. The molecule has 0 spiro atoms. The van der Waals surface area contributed by atoms with Crippen molar-refractivity contribution >= 4 is 29.4 Å². The predicted molar refractivity (Wildman–Crippen MR) is 73.1 cm³/mol. The smallest absolute Gasteiger partial charge is 0.0598 e. The second-order valence-corrected chi connectivity index (χ2v) is 4.99. The van der Waals surface area contributed by atoms with Gasteiger partial charge in [-0.3, -0.25) is 5.01 Å². The fourth-order valence-electron chi connectivity index (χ4n) is 1.65. The Morgan fingerprint density at radius 3 is 2.47 bits per heavy atom. The summed E-state index contributed by atoms with van der Waals surface area (Å²) in [5, 5.41) is 7.65. The molecule has 1 aliphatic heterocycles. The summed E-state index contributed by atoms with van der Waals surface area (Å²) in [6, 6.07) is 5.52. The minimum Gasteiger partial charge on any atom is -0.303 e. The van der Waals surface area contributed by atoms with E-state index in [9.17, 15) is 0 Å². The molecule has 1 aliphatic rings. The summed E-state index contributed by atoms with van der Waals surface area (Å²) in [7, 11) is 2.13. The largest absolute Gasteiger partial charge is 0.303 e. The summed E-state index contributed by atoms with van der Waals surface area (Å²) in [6.07, 6.45) is 1.83. The van der Waals surface area contributed by atoms with E-state index in [-0.39, 0.29) is 0 Å². The van der Waals surface area contributed by atoms with Crippen LogP contribution in [0.25, 0.3) is 0 Å². The van der Waals surface area contributed by atoms with Crippen molar-refractivity contribution in [1.29, 1.82) is 0 Å². The SMILES string of the molecule is CN1CCN(N=Cc2ccc(Cl)c(Cl)c2)CC1. The van der Waals surface area contributed by atoms with Crippen LogP contribution in [0, 0.1) is 0 Å². The van der Waals surface area contributed by atoms with Gasteiger partial charge in [-0.05, 0) is 24.7 Å². The van der Waals surface area contributed by atoms with E-state index >= 15 is 0 Å². The molecule has 1 fully saturated rings. The number of piperazine rings is 1. The Kier molecular flexibility index (Phi) is 4.26. The van der Waals surface area contributed by atoms with Gasteiger partial charge in [0.1, 0.15) is 0 Å². The van der Waals surface area contributed by atoms with Crippen molar-refractivity contribution in [3.63, 3.8) is 0 Å². The molecule has 0 aromatic heterocycles. The van der Waals surface area contributed by atoms with Crippen LogP contribution >= 0.6 is 23.2 Å². The lowest BCUT2D eigenvalue weighted by atomic mass is 10.2. The molecule has 0 N–H and O–H groups in total. The van der Waals surface area contributed by atoms with Crippen LogP contribution in [0.15, 0.2) is 23.3 Å². The molecule has 0 amide bonds. The molecule has 0 radical (unpaired) electrons. The van der Waals surface area contributed by atoms with Crippen molar-refractivity contribution in [2.75, 3.05) is 33.2 Å². The third-order valence-electron chi connectivity index (χ3n) is 2.79. The second kappa shape index (κ2) is 5.71. The topological polar surface area (TPSA) is 18.8 Å². The summed E-state index contributed by atoms with van der Waals surface area (Å²) in [4.78, 5) is 2.30. The van der Waals surface area contributed by atoms with E-state index in [1.807, 2.05) is 18.3 Å². The first-order chi connectivity index (χ1) is 8.15. The lowest BCUT2D eigenvalue weighted by molar-refractivity contribution is 0.159. The molecule has 3 nitrogen and oxygen atoms in total. The maximum atomic E-state index is 5.94. The van der Waals surface area contributed by atoms with Gasteiger partial charge in [-0.25, -0.2) is 0 Å². The summed E-state index contributed by atoms with van der Waals surface area (Å²) >= 11 is 11.8. The average Bonchev–Trinajstić information content (AvgIpc) is 2.33. The van der Waals surface area contributed by atoms with E-state index in [0.717, 1.165) is 31.7 Å². The average molecular weight is 272 g/mol. The molecular weight excluding hydrogens is 257 g/mol. The molecule has 1 saturated heterocycles. The first kappa shape index (κ1) is 12.7. The Morgan fingerprint density at radius 1 is 1.12 bits per heavy atom. The number of benzene rings is 1.